The Hall–Kier alpha value is -0.430. The molecule has 0 saturated carbocycles. The fourth-order valence-electron chi connectivity index (χ4n) is 2.17. The number of aryl methyl sites for hydroxylation is 1. The first kappa shape index (κ1) is 10.1. The number of hydrogen-bond donors (Lipinski definition) is 0. The van der Waals surface area contributed by atoms with Crippen molar-refractivity contribution in [3.63, 3.8) is 0 Å². The minimum atomic E-state index is 0.667. The zero-order valence-corrected chi connectivity index (χ0v) is 10.1. The molecule has 1 heteroatoms. The number of rotatable bonds is 2. The van der Waals surface area contributed by atoms with Crippen LogP contribution < -0.4 is 0 Å². The average Bonchev–Trinajstić information content (AvgIpc) is 2.64. The number of fused-ring (bicyclic) bond motifs is 1. The lowest BCUT2D eigenvalue weighted by molar-refractivity contribution is 0.832. The van der Waals surface area contributed by atoms with Crippen LogP contribution in [0.3, 0.4) is 0 Å². The van der Waals surface area contributed by atoms with Crippen LogP contribution in [0, 0.1) is 0 Å². The second-order valence-electron chi connectivity index (χ2n) is 4.23. The molecule has 0 amide bonds. The van der Waals surface area contributed by atoms with E-state index in [4.69, 9.17) is 0 Å². The topological polar surface area (TPSA) is 0 Å². The number of benzene rings is 1. The van der Waals surface area contributed by atoms with Gasteiger partial charge in [-0.1, -0.05) is 32.9 Å². The summed E-state index contributed by atoms with van der Waals surface area (Å²) in [5.41, 5.74) is 4.76. The summed E-state index contributed by atoms with van der Waals surface area (Å²) < 4.78 is 0. The molecule has 0 unspecified atom stereocenters. The Morgan fingerprint density at radius 2 is 2.14 bits per heavy atom. The third-order valence-electron chi connectivity index (χ3n) is 2.99. The van der Waals surface area contributed by atoms with Gasteiger partial charge in [-0.3, -0.25) is 0 Å². The molecule has 1 aromatic carbocycles. The van der Waals surface area contributed by atoms with Crippen molar-refractivity contribution in [2.24, 2.45) is 0 Å². The number of thioether (sulfide) groups is 1. The molecule has 1 aliphatic heterocycles. The van der Waals surface area contributed by atoms with Gasteiger partial charge >= 0.3 is 0 Å². The van der Waals surface area contributed by atoms with Crippen LogP contribution in [-0.4, -0.2) is 5.75 Å². The molecule has 14 heavy (non-hydrogen) atoms. The van der Waals surface area contributed by atoms with Crippen LogP contribution in [-0.2, 0) is 12.8 Å². The molecule has 0 bridgehead atoms. The van der Waals surface area contributed by atoms with E-state index in [1.807, 2.05) is 0 Å². The summed E-state index contributed by atoms with van der Waals surface area (Å²) in [5.74, 6) is 1.95. The van der Waals surface area contributed by atoms with E-state index in [1.54, 1.807) is 21.6 Å². The highest BCUT2D eigenvalue weighted by Gasteiger charge is 2.19. The first-order valence-corrected chi connectivity index (χ1v) is 6.50. The fourth-order valence-corrected chi connectivity index (χ4v) is 3.56. The fraction of sp³-hybridized carbons (Fsp3) is 0.538. The standard InChI is InChI=1S/C13H18S/c1-4-10-5-6-11(9(2)3)13-12(10)7-8-14-13/h5-6,9H,4,7-8H2,1-3H3. The first-order valence-electron chi connectivity index (χ1n) is 5.51. The van der Waals surface area contributed by atoms with Crippen LogP contribution in [0.1, 0.15) is 43.4 Å². The summed E-state index contributed by atoms with van der Waals surface area (Å²) in [6, 6.07) is 4.67. The summed E-state index contributed by atoms with van der Waals surface area (Å²) in [4.78, 5) is 1.60. The van der Waals surface area contributed by atoms with Crippen molar-refractivity contribution < 1.29 is 0 Å². The third kappa shape index (κ3) is 1.58. The maximum absolute atomic E-state index is 2.33. The van der Waals surface area contributed by atoms with E-state index in [2.05, 4.69) is 44.7 Å². The molecule has 0 nitrogen and oxygen atoms in total. The van der Waals surface area contributed by atoms with E-state index in [9.17, 15) is 0 Å². The highest BCUT2D eigenvalue weighted by atomic mass is 32.2. The minimum absolute atomic E-state index is 0.667. The van der Waals surface area contributed by atoms with Crippen LogP contribution in [0.15, 0.2) is 17.0 Å². The highest BCUT2D eigenvalue weighted by Crippen LogP contribution is 2.39. The van der Waals surface area contributed by atoms with E-state index in [-0.39, 0.29) is 0 Å². The Labute approximate surface area is 91.1 Å². The molecular formula is C13H18S. The van der Waals surface area contributed by atoms with Gasteiger partial charge in [0.1, 0.15) is 0 Å². The first-order chi connectivity index (χ1) is 6.74. The molecule has 0 aliphatic carbocycles. The lowest BCUT2D eigenvalue weighted by Gasteiger charge is -2.13. The van der Waals surface area contributed by atoms with E-state index in [1.165, 1.54) is 18.6 Å². The molecule has 0 N–H and O–H groups in total. The van der Waals surface area contributed by atoms with Crippen LogP contribution in [0.5, 0.6) is 0 Å². The van der Waals surface area contributed by atoms with Gasteiger partial charge in [0.15, 0.2) is 0 Å². The molecule has 76 valence electrons. The zero-order valence-electron chi connectivity index (χ0n) is 9.26. The Kier molecular flexibility index (Phi) is 2.87. The van der Waals surface area contributed by atoms with Crippen molar-refractivity contribution in [3.8, 4) is 0 Å². The van der Waals surface area contributed by atoms with Gasteiger partial charge in [-0.25, -0.2) is 0 Å². The predicted molar refractivity (Wildman–Crippen MR) is 64.3 cm³/mol. The van der Waals surface area contributed by atoms with Gasteiger partial charge < -0.3 is 0 Å². The molecule has 0 atom stereocenters. The Balaban J connectivity index is 2.53. The Bertz CT molecular complexity index is 339. The van der Waals surface area contributed by atoms with Crippen LogP contribution in [0.2, 0.25) is 0 Å². The van der Waals surface area contributed by atoms with Gasteiger partial charge in [-0.05, 0) is 35.4 Å². The summed E-state index contributed by atoms with van der Waals surface area (Å²) in [6.07, 6.45) is 2.46. The van der Waals surface area contributed by atoms with Gasteiger partial charge in [0, 0.05) is 10.6 Å². The van der Waals surface area contributed by atoms with Crippen LogP contribution in [0.4, 0.5) is 0 Å². The lowest BCUT2D eigenvalue weighted by atomic mass is 9.95. The van der Waals surface area contributed by atoms with E-state index in [0.29, 0.717) is 5.92 Å². The van der Waals surface area contributed by atoms with Crippen molar-refractivity contribution >= 4 is 11.8 Å². The van der Waals surface area contributed by atoms with Crippen molar-refractivity contribution in [2.45, 2.75) is 44.4 Å². The monoisotopic (exact) mass is 206 g/mol. The Morgan fingerprint density at radius 3 is 2.79 bits per heavy atom. The lowest BCUT2D eigenvalue weighted by Crippen LogP contribution is -1.96. The summed E-state index contributed by atoms with van der Waals surface area (Å²) in [5, 5.41) is 0. The second-order valence-corrected chi connectivity index (χ2v) is 5.33. The quantitative estimate of drug-likeness (QED) is 0.704. The molecule has 0 aromatic heterocycles. The smallest absolute Gasteiger partial charge is 0.0142 e. The average molecular weight is 206 g/mol. The van der Waals surface area contributed by atoms with Crippen molar-refractivity contribution in [2.75, 3.05) is 5.75 Å². The summed E-state index contributed by atoms with van der Waals surface area (Å²) >= 11 is 2.05. The maximum Gasteiger partial charge on any atom is 0.0142 e. The normalized spacial score (nSPS) is 14.9. The van der Waals surface area contributed by atoms with Crippen molar-refractivity contribution in [1.82, 2.24) is 0 Å². The summed E-state index contributed by atoms with van der Waals surface area (Å²) in [6.45, 7) is 6.84. The summed E-state index contributed by atoms with van der Waals surface area (Å²) in [7, 11) is 0. The number of hydrogen-bond acceptors (Lipinski definition) is 1. The zero-order chi connectivity index (χ0) is 10.1. The molecule has 0 fully saturated rings. The van der Waals surface area contributed by atoms with Gasteiger partial charge in [0.25, 0.3) is 0 Å². The highest BCUT2D eigenvalue weighted by molar-refractivity contribution is 7.99. The molecule has 0 spiro atoms. The van der Waals surface area contributed by atoms with Crippen LogP contribution in [0.25, 0.3) is 0 Å². The maximum atomic E-state index is 2.33. The van der Waals surface area contributed by atoms with Gasteiger partial charge in [-0.2, -0.15) is 0 Å². The molecule has 0 radical (unpaired) electrons. The van der Waals surface area contributed by atoms with Gasteiger partial charge in [-0.15, -0.1) is 11.8 Å². The van der Waals surface area contributed by atoms with Crippen molar-refractivity contribution in [1.29, 1.82) is 0 Å². The minimum Gasteiger partial charge on any atom is -0.125 e. The molecule has 2 rings (SSSR count). The Morgan fingerprint density at radius 1 is 1.36 bits per heavy atom. The molecule has 1 aliphatic rings. The van der Waals surface area contributed by atoms with E-state index < -0.39 is 0 Å². The molecule has 1 heterocycles. The third-order valence-corrected chi connectivity index (χ3v) is 4.17. The predicted octanol–water partition coefficient (Wildman–Crippen LogP) is 4.02. The molecular weight excluding hydrogens is 188 g/mol. The molecule has 1 aromatic rings. The van der Waals surface area contributed by atoms with E-state index in [0.717, 1.165) is 0 Å². The largest absolute Gasteiger partial charge is 0.125 e. The van der Waals surface area contributed by atoms with Gasteiger partial charge in [0.05, 0.1) is 0 Å². The van der Waals surface area contributed by atoms with Crippen LogP contribution >= 0.6 is 11.8 Å². The second kappa shape index (κ2) is 3.98. The van der Waals surface area contributed by atoms with E-state index >= 15 is 0 Å². The molecule has 0 saturated heterocycles. The SMILES string of the molecule is CCc1ccc(C(C)C)c2c1CCS2. The van der Waals surface area contributed by atoms with Gasteiger partial charge in [0.2, 0.25) is 0 Å². The van der Waals surface area contributed by atoms with Crippen molar-refractivity contribution in [3.05, 3.63) is 28.8 Å².